The van der Waals surface area contributed by atoms with Gasteiger partial charge in [0.15, 0.2) is 52.4 Å². The van der Waals surface area contributed by atoms with E-state index < -0.39 is 0 Å². The fraction of sp³-hybridized carbons (Fsp3) is 0.0444. The summed E-state index contributed by atoms with van der Waals surface area (Å²) in [7, 11) is 0. The second-order valence-electron chi connectivity index (χ2n) is 38.5. The number of nitrogens with zero attached hydrogens (tertiary/aromatic N) is 9. The molecule has 26 aromatic rings. The quantitative estimate of drug-likeness (QED) is 0.0989. The van der Waals surface area contributed by atoms with Gasteiger partial charge < -0.3 is 0 Å². The van der Waals surface area contributed by atoms with E-state index in [2.05, 4.69) is 410 Å². The predicted molar refractivity (Wildman–Crippen MR) is 615 cm³/mol. The van der Waals surface area contributed by atoms with Gasteiger partial charge in [0.25, 0.3) is 0 Å². The molecule has 0 unspecified atom stereocenters. The number of benzene rings is 20. The Hall–Kier alpha value is -17.9. The Kier molecular flexibility index (Phi) is 22.7. The van der Waals surface area contributed by atoms with Gasteiger partial charge in [-0.05, 0) is 160 Å². The number of hydrogen-bond acceptors (Lipinski definition) is 12. The molecule has 0 atom stereocenters. The molecule has 0 fully saturated rings. The van der Waals surface area contributed by atoms with Crippen molar-refractivity contribution in [2.75, 3.05) is 0 Å². The summed E-state index contributed by atoms with van der Waals surface area (Å²) in [6.07, 6.45) is 0. The number of aromatic nitrogens is 9. The molecule has 12 heteroatoms. The number of rotatable bonds is 15. The van der Waals surface area contributed by atoms with E-state index in [9.17, 15) is 0 Å². The van der Waals surface area contributed by atoms with Crippen molar-refractivity contribution in [2.45, 2.75) is 38.5 Å². The predicted octanol–water partition coefficient (Wildman–Crippen LogP) is 36.3. The maximum absolute atomic E-state index is 5.25. The molecule has 2 aliphatic rings. The van der Waals surface area contributed by atoms with Crippen LogP contribution in [0.15, 0.2) is 479 Å². The van der Waals surface area contributed by atoms with E-state index in [0.29, 0.717) is 52.4 Å². The Balaban J connectivity index is 0.000000112. The van der Waals surface area contributed by atoms with Crippen molar-refractivity contribution in [1.29, 1.82) is 0 Å². The monoisotopic (exact) mass is 1930 g/mol. The molecule has 0 amide bonds. The SMILES string of the molecule is CC1(C)c2ccccc2-c2ccc(-c3nc(-c4ccccc4)nc(-c4cccc5c4sc4c(-c6ccc(-c7ccccc7)cc6)cccc45)n3)cc21.CC1(C)c2ccccc2-c2ccc(-c3nc(-c4ccccc4)nc(-c4cccc5c4sc4c(-c6ccccc6)cccc45)n3)cc21.c1ccc(-c2ccc3sc4c(-c5cccc(-c6nc(-c7ccccc7)nc(-c7ccccc7)n6)c5)cc(-c5ccccc5)cc4c3c2)cc1. The molecule has 0 saturated heterocycles. The third-order valence-electron chi connectivity index (χ3n) is 28.9. The molecule has 0 bridgehead atoms. The first-order valence-corrected chi connectivity index (χ1v) is 52.1. The number of hydrogen-bond donors (Lipinski definition) is 0. The third kappa shape index (κ3) is 16.5. The molecule has 6 aromatic heterocycles. The Labute approximate surface area is 864 Å². The van der Waals surface area contributed by atoms with Crippen molar-refractivity contribution in [3.8, 4) is 192 Å². The maximum Gasteiger partial charge on any atom is 0.165 e. The van der Waals surface area contributed by atoms with Gasteiger partial charge in [0, 0.05) is 127 Å². The van der Waals surface area contributed by atoms with Gasteiger partial charge >= 0.3 is 0 Å². The van der Waals surface area contributed by atoms with Crippen molar-refractivity contribution in [1.82, 2.24) is 44.9 Å². The number of fused-ring (bicyclic) bond motifs is 15. The minimum absolute atomic E-state index is 0.112. The summed E-state index contributed by atoms with van der Waals surface area (Å²) in [6.45, 7) is 9.23. The Bertz CT molecular complexity index is 9510. The summed E-state index contributed by atoms with van der Waals surface area (Å²) in [5.74, 6) is 6.02. The van der Waals surface area contributed by atoms with Crippen molar-refractivity contribution in [3.05, 3.63) is 501 Å². The minimum atomic E-state index is -0.123. The normalized spacial score (nSPS) is 12.5. The van der Waals surface area contributed by atoms with Gasteiger partial charge in [0.05, 0.1) is 0 Å². The highest BCUT2D eigenvalue weighted by Crippen LogP contribution is 2.54. The lowest BCUT2D eigenvalue weighted by Gasteiger charge is -2.21. The van der Waals surface area contributed by atoms with Gasteiger partial charge in [0.2, 0.25) is 0 Å². The zero-order chi connectivity index (χ0) is 98.2. The van der Waals surface area contributed by atoms with E-state index >= 15 is 0 Å². The summed E-state index contributed by atoms with van der Waals surface area (Å²) in [6, 6.07) is 169. The highest BCUT2D eigenvalue weighted by molar-refractivity contribution is 7.27. The summed E-state index contributed by atoms with van der Waals surface area (Å²) in [5, 5.41) is 7.45. The summed E-state index contributed by atoms with van der Waals surface area (Å²) in [5.41, 5.74) is 33.5. The second kappa shape index (κ2) is 37.4. The molecule has 9 nitrogen and oxygen atoms in total. The molecule has 6 heterocycles. The molecular weight excluding hydrogens is 1840 g/mol. The van der Waals surface area contributed by atoms with Gasteiger partial charge in [0.1, 0.15) is 0 Å². The van der Waals surface area contributed by atoms with Crippen LogP contribution in [0.5, 0.6) is 0 Å². The zero-order valence-electron chi connectivity index (χ0n) is 80.9. The van der Waals surface area contributed by atoms with Crippen LogP contribution in [0.4, 0.5) is 0 Å². The highest BCUT2D eigenvalue weighted by Gasteiger charge is 2.38. The van der Waals surface area contributed by atoms with Crippen LogP contribution in [-0.2, 0) is 10.8 Å². The third-order valence-corrected chi connectivity index (χ3v) is 32.6. The standard InChI is InChI=1S/C48H33N3S.C45H29N3S.C42H29N3S/c1-48(2)41-22-10-9-17-36(41)37-28-27-34(29-42(37)48)46-49-45(33-15-7-4-8-16-33)50-47(51-46)40-21-12-20-39-38-19-11-18-35(43(38)52-44(39)40)32-25-23-31(24-26-32)30-13-5-3-6-14-30;1-5-14-30(15-6-1)34-24-25-41-39(27-34)40-29-37(31-16-7-2-8-17-31)28-38(42(40)49-41)35-22-13-23-36(26-35)45-47-43(32-18-9-3-10-19-32)46-44(48-45)33-20-11-4-12-21-33;1-42(2)35-22-10-9-17-30(35)31-24-23-28(25-36(31)42)40-43-39(27-15-7-4-8-16-27)44-41(45-40)34-21-12-20-33-32-19-11-18-29(37(32)46-38(33)34)26-13-5-3-6-14-26/h3-29H,1-2H3;1-29H;3-25H,1-2H3. The van der Waals surface area contributed by atoms with Crippen LogP contribution in [0.3, 0.4) is 0 Å². The van der Waals surface area contributed by atoms with E-state index in [1.54, 1.807) is 0 Å². The zero-order valence-corrected chi connectivity index (χ0v) is 83.3. The van der Waals surface area contributed by atoms with Gasteiger partial charge in [-0.1, -0.05) is 452 Å². The van der Waals surface area contributed by atoms with Gasteiger partial charge in [-0.3, -0.25) is 0 Å². The molecule has 2 aliphatic carbocycles. The molecule has 694 valence electrons. The van der Waals surface area contributed by atoms with E-state index in [0.717, 1.165) is 55.6 Å². The van der Waals surface area contributed by atoms with Crippen molar-refractivity contribution >= 4 is 94.5 Å². The molecule has 28 rings (SSSR count). The van der Waals surface area contributed by atoms with Crippen LogP contribution in [0.1, 0.15) is 49.9 Å². The van der Waals surface area contributed by atoms with Crippen LogP contribution >= 0.6 is 34.0 Å². The molecule has 0 spiro atoms. The first-order valence-electron chi connectivity index (χ1n) is 49.7. The van der Waals surface area contributed by atoms with Gasteiger partial charge in [-0.25, -0.2) is 44.9 Å². The van der Waals surface area contributed by atoms with Crippen molar-refractivity contribution in [3.63, 3.8) is 0 Å². The molecule has 0 aliphatic heterocycles. The Morgan fingerprint density at radius 3 is 0.810 bits per heavy atom. The van der Waals surface area contributed by atoms with Crippen LogP contribution in [-0.4, -0.2) is 44.9 Å². The lowest BCUT2D eigenvalue weighted by molar-refractivity contribution is 0.660. The first kappa shape index (κ1) is 89.2. The largest absolute Gasteiger partial charge is 0.208 e. The molecule has 0 radical (unpaired) electrons. The summed E-state index contributed by atoms with van der Waals surface area (Å²) < 4.78 is 7.43. The highest BCUT2D eigenvalue weighted by atomic mass is 32.1. The second-order valence-corrected chi connectivity index (χ2v) is 41.6. The van der Waals surface area contributed by atoms with Crippen molar-refractivity contribution < 1.29 is 0 Å². The summed E-state index contributed by atoms with van der Waals surface area (Å²) in [4.78, 5) is 45.8. The molecular formula is C135H91N9S3. The molecule has 0 N–H and O–H groups in total. The molecule has 0 saturated carbocycles. The van der Waals surface area contributed by atoms with Crippen LogP contribution in [0.25, 0.3) is 252 Å². The van der Waals surface area contributed by atoms with E-state index in [4.69, 9.17) is 44.9 Å². The lowest BCUT2D eigenvalue weighted by Crippen LogP contribution is -2.15. The molecule has 147 heavy (non-hydrogen) atoms. The Morgan fingerprint density at radius 1 is 0.136 bits per heavy atom. The fourth-order valence-electron chi connectivity index (χ4n) is 21.4. The number of thiophene rings is 3. The minimum Gasteiger partial charge on any atom is -0.208 e. The maximum atomic E-state index is 5.25. The van der Waals surface area contributed by atoms with Gasteiger partial charge in [-0.2, -0.15) is 0 Å². The van der Waals surface area contributed by atoms with Crippen LogP contribution in [0.2, 0.25) is 0 Å². The fourth-order valence-corrected chi connectivity index (χ4v) is 25.3. The van der Waals surface area contributed by atoms with E-state index in [1.807, 2.05) is 131 Å². The van der Waals surface area contributed by atoms with E-state index in [-0.39, 0.29) is 10.8 Å². The van der Waals surface area contributed by atoms with Crippen LogP contribution in [0, 0.1) is 0 Å². The van der Waals surface area contributed by atoms with Gasteiger partial charge in [-0.15, -0.1) is 34.0 Å². The molecule has 20 aromatic carbocycles. The Morgan fingerprint density at radius 2 is 0.395 bits per heavy atom. The van der Waals surface area contributed by atoms with E-state index in [1.165, 1.54) is 166 Å². The smallest absolute Gasteiger partial charge is 0.165 e. The lowest BCUT2D eigenvalue weighted by atomic mass is 9.82. The average molecular weight is 1940 g/mol. The average Bonchev–Trinajstić information content (AvgIpc) is 1.23. The topological polar surface area (TPSA) is 116 Å². The first-order chi connectivity index (χ1) is 72.3. The van der Waals surface area contributed by atoms with Crippen molar-refractivity contribution in [2.24, 2.45) is 0 Å². The summed E-state index contributed by atoms with van der Waals surface area (Å²) >= 11 is 5.48. The van der Waals surface area contributed by atoms with Crippen LogP contribution < -0.4 is 0 Å².